The third kappa shape index (κ3) is 4.72. The number of carbonyl (C=O) groups is 1. The number of rotatable bonds is 6. The average molecular weight is 339 g/mol. The van der Waals surface area contributed by atoms with Gasteiger partial charge in [0.05, 0.1) is 17.9 Å². The lowest BCUT2D eigenvalue weighted by atomic mass is 9.95. The Morgan fingerprint density at radius 2 is 1.96 bits per heavy atom. The van der Waals surface area contributed by atoms with Gasteiger partial charge in [0.1, 0.15) is 11.6 Å². The molecule has 25 heavy (non-hydrogen) atoms. The predicted octanol–water partition coefficient (Wildman–Crippen LogP) is 4.29. The van der Waals surface area contributed by atoms with Gasteiger partial charge in [-0.3, -0.25) is 4.79 Å². The van der Waals surface area contributed by atoms with Gasteiger partial charge in [-0.05, 0) is 44.0 Å². The number of hydrogen-bond donors (Lipinski definition) is 2. The Bertz CT molecular complexity index is 694. The molecule has 5 nitrogen and oxygen atoms in total. The number of amides is 1. The molecule has 1 saturated carbocycles. The third-order valence-electron chi connectivity index (χ3n) is 4.42. The molecule has 132 valence electrons. The lowest BCUT2D eigenvalue weighted by molar-refractivity contribution is 0.0927. The van der Waals surface area contributed by atoms with E-state index in [9.17, 15) is 4.79 Å². The van der Waals surface area contributed by atoms with Gasteiger partial charge in [0.15, 0.2) is 0 Å². The first-order valence-electron chi connectivity index (χ1n) is 9.02. The van der Waals surface area contributed by atoms with Gasteiger partial charge in [-0.1, -0.05) is 31.4 Å². The maximum Gasteiger partial charge on any atom is 0.253 e. The van der Waals surface area contributed by atoms with Crippen LogP contribution in [0.2, 0.25) is 0 Å². The van der Waals surface area contributed by atoms with Gasteiger partial charge in [0, 0.05) is 12.2 Å². The van der Waals surface area contributed by atoms with Crippen molar-refractivity contribution in [2.75, 3.05) is 11.9 Å². The van der Waals surface area contributed by atoms with E-state index in [-0.39, 0.29) is 5.91 Å². The summed E-state index contributed by atoms with van der Waals surface area (Å²) in [6.07, 6.45) is 7.44. The van der Waals surface area contributed by atoms with E-state index in [1.165, 1.54) is 19.3 Å². The van der Waals surface area contributed by atoms with Crippen molar-refractivity contribution < 1.29 is 9.53 Å². The molecular weight excluding hydrogens is 314 g/mol. The maximum absolute atomic E-state index is 12.3. The quantitative estimate of drug-likeness (QED) is 0.824. The van der Waals surface area contributed by atoms with Crippen LogP contribution in [-0.2, 0) is 0 Å². The highest BCUT2D eigenvalue weighted by Gasteiger charge is 2.16. The topological polar surface area (TPSA) is 63.2 Å². The molecule has 0 radical (unpaired) electrons. The molecule has 2 aromatic rings. The summed E-state index contributed by atoms with van der Waals surface area (Å²) in [5.41, 5.74) is 1.45. The van der Waals surface area contributed by atoms with E-state index >= 15 is 0 Å². The van der Waals surface area contributed by atoms with E-state index in [1.54, 1.807) is 12.3 Å². The fourth-order valence-electron chi connectivity index (χ4n) is 3.11. The largest absolute Gasteiger partial charge is 0.492 e. The van der Waals surface area contributed by atoms with Crippen LogP contribution in [0.25, 0.3) is 0 Å². The first-order valence-corrected chi connectivity index (χ1v) is 9.02. The van der Waals surface area contributed by atoms with Crippen LogP contribution in [0.3, 0.4) is 0 Å². The van der Waals surface area contributed by atoms with Gasteiger partial charge in [0.2, 0.25) is 0 Å². The number of ether oxygens (including phenoxy) is 1. The summed E-state index contributed by atoms with van der Waals surface area (Å²) in [6.45, 7) is 2.56. The van der Waals surface area contributed by atoms with Gasteiger partial charge in [-0.25, -0.2) is 4.98 Å². The fourth-order valence-corrected chi connectivity index (χ4v) is 3.11. The molecule has 1 fully saturated rings. The van der Waals surface area contributed by atoms with Crippen LogP contribution in [0.15, 0.2) is 42.6 Å². The van der Waals surface area contributed by atoms with Crippen molar-refractivity contribution in [1.29, 1.82) is 0 Å². The molecule has 2 N–H and O–H groups in total. The Morgan fingerprint density at radius 3 is 2.68 bits per heavy atom. The van der Waals surface area contributed by atoms with Crippen molar-refractivity contribution >= 4 is 17.4 Å². The molecule has 1 aromatic heterocycles. The predicted molar refractivity (Wildman–Crippen MR) is 99.5 cm³/mol. The van der Waals surface area contributed by atoms with E-state index < -0.39 is 0 Å². The molecule has 0 saturated heterocycles. The van der Waals surface area contributed by atoms with E-state index in [0.717, 1.165) is 24.3 Å². The third-order valence-corrected chi connectivity index (χ3v) is 4.42. The van der Waals surface area contributed by atoms with Gasteiger partial charge in [-0.2, -0.15) is 0 Å². The second-order valence-corrected chi connectivity index (χ2v) is 6.29. The first kappa shape index (κ1) is 17.3. The Labute approximate surface area is 148 Å². The monoisotopic (exact) mass is 339 g/mol. The highest BCUT2D eigenvalue weighted by molar-refractivity contribution is 5.94. The molecule has 0 spiro atoms. The summed E-state index contributed by atoms with van der Waals surface area (Å²) < 4.78 is 5.60. The Balaban J connectivity index is 1.63. The molecule has 1 aromatic carbocycles. The Morgan fingerprint density at radius 1 is 1.16 bits per heavy atom. The summed E-state index contributed by atoms with van der Waals surface area (Å²) >= 11 is 0. The minimum atomic E-state index is -0.0410. The second kappa shape index (κ2) is 8.51. The number of hydrogen-bond acceptors (Lipinski definition) is 4. The number of nitrogens with one attached hydrogen (secondary N) is 2. The lowest BCUT2D eigenvalue weighted by Crippen LogP contribution is -2.36. The zero-order valence-corrected chi connectivity index (χ0v) is 14.6. The van der Waals surface area contributed by atoms with Crippen LogP contribution >= 0.6 is 0 Å². The number of benzene rings is 1. The SMILES string of the molecule is CCOc1ccccc1Nc1ccc(C(=O)NC2CCCCC2)cn1. The molecule has 1 aliphatic carbocycles. The molecule has 1 aliphatic rings. The van der Waals surface area contributed by atoms with E-state index in [0.29, 0.717) is 24.0 Å². The molecule has 0 aliphatic heterocycles. The minimum absolute atomic E-state index is 0.0410. The Kier molecular flexibility index (Phi) is 5.88. The number of aromatic nitrogens is 1. The second-order valence-electron chi connectivity index (χ2n) is 6.29. The van der Waals surface area contributed by atoms with Crippen LogP contribution in [0.4, 0.5) is 11.5 Å². The van der Waals surface area contributed by atoms with Gasteiger partial charge < -0.3 is 15.4 Å². The number of anilines is 2. The minimum Gasteiger partial charge on any atom is -0.492 e. The summed E-state index contributed by atoms with van der Waals surface area (Å²) in [5.74, 6) is 1.42. The summed E-state index contributed by atoms with van der Waals surface area (Å²) in [6, 6.07) is 11.7. The van der Waals surface area contributed by atoms with Crippen molar-refractivity contribution in [2.24, 2.45) is 0 Å². The normalized spacial score (nSPS) is 14.8. The standard InChI is InChI=1S/C20H25N3O2/c1-2-25-18-11-7-6-10-17(18)23-19-13-12-15(14-21-19)20(24)22-16-8-4-3-5-9-16/h6-7,10-14,16H,2-5,8-9H2,1H3,(H,21,23)(H,22,24). The average Bonchev–Trinajstić information content (AvgIpc) is 2.65. The molecule has 0 unspecified atom stereocenters. The highest BCUT2D eigenvalue weighted by Crippen LogP contribution is 2.26. The van der Waals surface area contributed by atoms with Crippen LogP contribution in [-0.4, -0.2) is 23.5 Å². The highest BCUT2D eigenvalue weighted by atomic mass is 16.5. The zero-order valence-electron chi connectivity index (χ0n) is 14.6. The van der Waals surface area contributed by atoms with Crippen molar-refractivity contribution in [1.82, 2.24) is 10.3 Å². The lowest BCUT2D eigenvalue weighted by Gasteiger charge is -2.22. The van der Waals surface area contributed by atoms with Crippen molar-refractivity contribution in [3.63, 3.8) is 0 Å². The zero-order chi connectivity index (χ0) is 17.5. The van der Waals surface area contributed by atoms with Crippen LogP contribution in [0, 0.1) is 0 Å². The van der Waals surface area contributed by atoms with Gasteiger partial charge >= 0.3 is 0 Å². The number of pyridine rings is 1. The number of para-hydroxylation sites is 2. The molecular formula is C20H25N3O2. The smallest absolute Gasteiger partial charge is 0.253 e. The molecule has 5 heteroatoms. The van der Waals surface area contributed by atoms with E-state index in [4.69, 9.17) is 4.74 Å². The van der Waals surface area contributed by atoms with Crippen molar-refractivity contribution in [2.45, 2.75) is 45.1 Å². The Hall–Kier alpha value is -2.56. The molecule has 0 atom stereocenters. The number of nitrogens with zero attached hydrogens (tertiary/aromatic N) is 1. The fraction of sp³-hybridized carbons (Fsp3) is 0.400. The molecule has 3 rings (SSSR count). The van der Waals surface area contributed by atoms with Gasteiger partial charge in [-0.15, -0.1) is 0 Å². The van der Waals surface area contributed by atoms with Crippen LogP contribution < -0.4 is 15.4 Å². The van der Waals surface area contributed by atoms with Crippen molar-refractivity contribution in [3.8, 4) is 5.75 Å². The number of carbonyl (C=O) groups excluding carboxylic acids is 1. The van der Waals surface area contributed by atoms with E-state index in [2.05, 4.69) is 15.6 Å². The summed E-state index contributed by atoms with van der Waals surface area (Å²) in [5, 5.41) is 6.35. The maximum atomic E-state index is 12.3. The van der Waals surface area contributed by atoms with Crippen molar-refractivity contribution in [3.05, 3.63) is 48.2 Å². The summed E-state index contributed by atoms with van der Waals surface area (Å²) in [4.78, 5) is 16.7. The molecule has 1 amide bonds. The van der Waals surface area contributed by atoms with Gasteiger partial charge in [0.25, 0.3) is 5.91 Å². The van der Waals surface area contributed by atoms with Crippen LogP contribution in [0.5, 0.6) is 5.75 Å². The molecule has 1 heterocycles. The van der Waals surface area contributed by atoms with E-state index in [1.807, 2.05) is 37.3 Å². The summed E-state index contributed by atoms with van der Waals surface area (Å²) in [7, 11) is 0. The molecule has 0 bridgehead atoms. The van der Waals surface area contributed by atoms with Crippen LogP contribution in [0.1, 0.15) is 49.4 Å². The first-order chi connectivity index (χ1) is 12.3.